The summed E-state index contributed by atoms with van der Waals surface area (Å²) in [4.78, 5) is 50.1. The van der Waals surface area contributed by atoms with Crippen LogP contribution in [-0.2, 0) is 19.2 Å². The maximum Gasteiger partial charge on any atom is 0.326 e. The second-order valence-corrected chi connectivity index (χ2v) is 9.54. The highest BCUT2D eigenvalue weighted by atomic mass is 16.4. The number of amides is 3. The Morgan fingerprint density at radius 1 is 0.750 bits per heavy atom. The maximum atomic E-state index is 13.1. The van der Waals surface area contributed by atoms with Crippen molar-refractivity contribution in [2.75, 3.05) is 0 Å². The van der Waals surface area contributed by atoms with Crippen molar-refractivity contribution in [2.24, 2.45) is 29.4 Å². The summed E-state index contributed by atoms with van der Waals surface area (Å²) in [7, 11) is 0. The molecule has 0 aromatic heterocycles. The van der Waals surface area contributed by atoms with E-state index in [1.165, 1.54) is 0 Å². The number of carbonyl (C=O) groups excluding carboxylic acids is 3. The molecule has 0 bridgehead atoms. The lowest BCUT2D eigenvalue weighted by Crippen LogP contribution is -2.60. The zero-order chi connectivity index (χ0) is 25.2. The fourth-order valence-corrected chi connectivity index (χ4v) is 3.20. The summed E-state index contributed by atoms with van der Waals surface area (Å²) in [5, 5.41) is 17.4. The van der Waals surface area contributed by atoms with Crippen molar-refractivity contribution >= 4 is 23.7 Å². The van der Waals surface area contributed by atoms with E-state index in [0.717, 1.165) is 6.42 Å². The highest BCUT2D eigenvalue weighted by molar-refractivity contribution is 5.94. The van der Waals surface area contributed by atoms with Crippen molar-refractivity contribution in [3.05, 3.63) is 0 Å². The first-order valence-electron chi connectivity index (χ1n) is 11.7. The van der Waals surface area contributed by atoms with Gasteiger partial charge in [0.15, 0.2) is 0 Å². The van der Waals surface area contributed by atoms with Crippen LogP contribution in [0, 0.1) is 23.7 Å². The Bertz CT molecular complexity index is 638. The first-order valence-corrected chi connectivity index (χ1v) is 11.7. The normalized spacial score (nSPS) is 17.1. The molecule has 0 aliphatic carbocycles. The largest absolute Gasteiger partial charge is 0.480 e. The second kappa shape index (κ2) is 14.1. The van der Waals surface area contributed by atoms with Gasteiger partial charge in [0.05, 0.1) is 6.04 Å². The third-order valence-corrected chi connectivity index (χ3v) is 5.92. The number of hydrogen-bond donors (Lipinski definition) is 5. The minimum Gasteiger partial charge on any atom is -0.480 e. The fourth-order valence-electron chi connectivity index (χ4n) is 3.20. The quantitative estimate of drug-likeness (QED) is 0.268. The summed E-state index contributed by atoms with van der Waals surface area (Å²) in [6, 6.07) is -3.58. The van der Waals surface area contributed by atoms with Gasteiger partial charge < -0.3 is 26.8 Å². The zero-order valence-electron chi connectivity index (χ0n) is 20.9. The van der Waals surface area contributed by atoms with Crippen molar-refractivity contribution < 1.29 is 24.3 Å². The van der Waals surface area contributed by atoms with Gasteiger partial charge in [0.25, 0.3) is 0 Å². The van der Waals surface area contributed by atoms with E-state index in [9.17, 15) is 24.3 Å². The minimum absolute atomic E-state index is 0.0428. The van der Waals surface area contributed by atoms with Crippen LogP contribution < -0.4 is 21.7 Å². The lowest BCUT2D eigenvalue weighted by Gasteiger charge is -2.30. The molecule has 6 atom stereocenters. The number of carboxylic acids is 1. The molecular weight excluding hydrogens is 412 g/mol. The van der Waals surface area contributed by atoms with E-state index >= 15 is 0 Å². The molecule has 0 saturated heterocycles. The highest BCUT2D eigenvalue weighted by Crippen LogP contribution is 2.13. The molecule has 0 radical (unpaired) electrons. The van der Waals surface area contributed by atoms with Crippen molar-refractivity contribution in [1.82, 2.24) is 16.0 Å². The van der Waals surface area contributed by atoms with E-state index in [1.807, 2.05) is 41.5 Å². The van der Waals surface area contributed by atoms with E-state index in [1.54, 1.807) is 13.8 Å². The Morgan fingerprint density at radius 3 is 1.62 bits per heavy atom. The van der Waals surface area contributed by atoms with Crippen molar-refractivity contribution in [3.8, 4) is 0 Å². The van der Waals surface area contributed by atoms with Gasteiger partial charge >= 0.3 is 5.97 Å². The smallest absolute Gasteiger partial charge is 0.326 e. The zero-order valence-corrected chi connectivity index (χ0v) is 20.9. The Balaban J connectivity index is 5.51. The van der Waals surface area contributed by atoms with Gasteiger partial charge in [-0.05, 0) is 30.1 Å². The monoisotopic (exact) mass is 456 g/mol. The molecule has 0 heterocycles. The van der Waals surface area contributed by atoms with E-state index in [0.29, 0.717) is 6.42 Å². The molecular formula is C23H44N4O5. The Morgan fingerprint density at radius 2 is 1.22 bits per heavy atom. The van der Waals surface area contributed by atoms with Gasteiger partial charge in [-0.2, -0.15) is 0 Å². The van der Waals surface area contributed by atoms with Crippen molar-refractivity contribution in [3.63, 3.8) is 0 Å². The standard InChI is InChI=1S/C23H44N4O5/c1-9-14(7)17(24)20(28)27-19(15(8)10-2)22(30)26-18(13(5)6)21(29)25-16(23(31)32)11-12(3)4/h12-19H,9-11,24H2,1-8H3,(H,25,29)(H,26,30)(H,27,28)(H,31,32). The molecule has 0 saturated carbocycles. The van der Waals surface area contributed by atoms with E-state index < -0.39 is 47.9 Å². The summed E-state index contributed by atoms with van der Waals surface area (Å²) in [6.07, 6.45) is 1.63. The predicted octanol–water partition coefficient (Wildman–Crippen LogP) is 1.65. The van der Waals surface area contributed by atoms with Gasteiger partial charge in [0.1, 0.15) is 18.1 Å². The summed E-state index contributed by atoms with van der Waals surface area (Å²) in [5.74, 6) is -3.03. The molecule has 32 heavy (non-hydrogen) atoms. The van der Waals surface area contributed by atoms with E-state index in [-0.39, 0.29) is 30.1 Å². The molecule has 0 aliphatic heterocycles. The van der Waals surface area contributed by atoms with Crippen LogP contribution in [0.25, 0.3) is 0 Å². The predicted molar refractivity (Wildman–Crippen MR) is 125 cm³/mol. The number of aliphatic carboxylic acids is 1. The summed E-state index contributed by atoms with van der Waals surface area (Å²) < 4.78 is 0. The SMILES string of the molecule is CCC(C)C(N)C(=O)NC(C(=O)NC(C(=O)NC(CC(C)C)C(=O)O)C(C)C)C(C)CC. The first-order chi connectivity index (χ1) is 14.8. The molecule has 9 nitrogen and oxygen atoms in total. The molecule has 0 aromatic rings. The third kappa shape index (κ3) is 9.54. The van der Waals surface area contributed by atoms with Gasteiger partial charge in [0, 0.05) is 0 Å². The van der Waals surface area contributed by atoms with Gasteiger partial charge in [-0.25, -0.2) is 4.79 Å². The Labute approximate surface area is 192 Å². The van der Waals surface area contributed by atoms with Crippen LogP contribution in [0.1, 0.15) is 74.7 Å². The average molecular weight is 457 g/mol. The molecule has 6 unspecified atom stereocenters. The van der Waals surface area contributed by atoms with Gasteiger partial charge in [-0.1, -0.05) is 68.2 Å². The molecule has 6 N–H and O–H groups in total. The molecule has 0 fully saturated rings. The second-order valence-electron chi connectivity index (χ2n) is 9.54. The number of carboxylic acid groups (broad SMARTS) is 1. The fraction of sp³-hybridized carbons (Fsp3) is 0.826. The number of hydrogen-bond acceptors (Lipinski definition) is 5. The number of nitrogens with two attached hydrogens (primary N) is 1. The van der Waals surface area contributed by atoms with E-state index in [2.05, 4.69) is 16.0 Å². The third-order valence-electron chi connectivity index (χ3n) is 5.92. The molecule has 0 spiro atoms. The number of carbonyl (C=O) groups is 4. The van der Waals surface area contributed by atoms with Crippen molar-refractivity contribution in [2.45, 2.75) is 98.8 Å². The highest BCUT2D eigenvalue weighted by Gasteiger charge is 2.34. The molecule has 9 heteroatoms. The first kappa shape index (κ1) is 29.8. The Hall–Kier alpha value is -2.16. The molecule has 3 amide bonds. The lowest BCUT2D eigenvalue weighted by molar-refractivity contribution is -0.143. The van der Waals surface area contributed by atoms with Crippen LogP contribution in [-0.4, -0.2) is 53.0 Å². The molecule has 0 rings (SSSR count). The molecule has 0 aliphatic rings. The summed E-state index contributed by atoms with van der Waals surface area (Å²) in [6.45, 7) is 14.8. The lowest BCUT2D eigenvalue weighted by atomic mass is 9.94. The maximum absolute atomic E-state index is 13.1. The van der Waals surface area contributed by atoms with Crippen molar-refractivity contribution in [1.29, 1.82) is 0 Å². The van der Waals surface area contributed by atoms with Crippen LogP contribution >= 0.6 is 0 Å². The minimum atomic E-state index is -1.12. The van der Waals surface area contributed by atoms with Gasteiger partial charge in [-0.15, -0.1) is 0 Å². The summed E-state index contributed by atoms with van der Waals surface area (Å²) in [5.41, 5.74) is 6.02. The molecule has 186 valence electrons. The summed E-state index contributed by atoms with van der Waals surface area (Å²) >= 11 is 0. The molecule has 0 aromatic carbocycles. The van der Waals surface area contributed by atoms with Crippen LogP contribution in [0.5, 0.6) is 0 Å². The van der Waals surface area contributed by atoms with Gasteiger partial charge in [0.2, 0.25) is 17.7 Å². The van der Waals surface area contributed by atoms with Crippen LogP contribution in [0.2, 0.25) is 0 Å². The van der Waals surface area contributed by atoms with Crippen LogP contribution in [0.15, 0.2) is 0 Å². The van der Waals surface area contributed by atoms with E-state index in [4.69, 9.17) is 5.73 Å². The number of rotatable bonds is 14. The number of nitrogens with one attached hydrogen (secondary N) is 3. The average Bonchev–Trinajstić information content (AvgIpc) is 2.72. The topological polar surface area (TPSA) is 151 Å². The van der Waals surface area contributed by atoms with Crippen LogP contribution in [0.4, 0.5) is 0 Å². The van der Waals surface area contributed by atoms with Gasteiger partial charge in [-0.3, -0.25) is 14.4 Å². The Kier molecular flexibility index (Phi) is 13.1. The van der Waals surface area contributed by atoms with Crippen LogP contribution in [0.3, 0.4) is 0 Å².